The average Bonchev–Trinajstić information content (AvgIpc) is 2.34. The summed E-state index contributed by atoms with van der Waals surface area (Å²) in [4.78, 5) is 24.1. The first-order valence-electron chi connectivity index (χ1n) is 6.02. The van der Waals surface area contributed by atoms with Crippen LogP contribution in [0.25, 0.3) is 0 Å². The highest BCUT2D eigenvalue weighted by Gasteiger charge is 2.24. The normalized spacial score (nSPS) is 12.0. The Morgan fingerprint density at radius 1 is 1.53 bits per heavy atom. The van der Waals surface area contributed by atoms with Gasteiger partial charge in [-0.15, -0.1) is 0 Å². The number of nitro benzene ring substituents is 1. The average molecular weight is 266 g/mol. The summed E-state index contributed by atoms with van der Waals surface area (Å²) in [5.74, 6) is -0.406. The van der Waals surface area contributed by atoms with E-state index in [4.69, 9.17) is 0 Å². The standard InChI is InChI=1S/C13H18N2O4/c1-9-5-4-6-11(12(9)15(18)19)13(17)14(3)8-7-10(2)16/h4-6,10,16H,7-8H2,1-3H3. The van der Waals surface area contributed by atoms with Gasteiger partial charge < -0.3 is 10.0 Å². The van der Waals surface area contributed by atoms with E-state index in [0.29, 0.717) is 18.5 Å². The Labute approximate surface area is 111 Å². The second-order valence-corrected chi connectivity index (χ2v) is 4.59. The molecule has 1 aromatic carbocycles. The third-order valence-corrected chi connectivity index (χ3v) is 2.88. The molecule has 104 valence electrons. The highest BCUT2D eigenvalue weighted by molar-refractivity contribution is 5.98. The van der Waals surface area contributed by atoms with Crippen LogP contribution in [-0.4, -0.2) is 40.5 Å². The van der Waals surface area contributed by atoms with Crippen LogP contribution >= 0.6 is 0 Å². The van der Waals surface area contributed by atoms with E-state index in [1.165, 1.54) is 11.0 Å². The minimum Gasteiger partial charge on any atom is -0.393 e. The van der Waals surface area contributed by atoms with Crippen molar-refractivity contribution in [3.05, 3.63) is 39.4 Å². The maximum atomic E-state index is 12.2. The molecule has 1 unspecified atom stereocenters. The van der Waals surface area contributed by atoms with Gasteiger partial charge in [-0.3, -0.25) is 14.9 Å². The molecule has 0 aliphatic rings. The number of aliphatic hydroxyl groups is 1. The molecular weight excluding hydrogens is 248 g/mol. The third kappa shape index (κ3) is 3.75. The second-order valence-electron chi connectivity index (χ2n) is 4.59. The van der Waals surface area contributed by atoms with Crippen molar-refractivity contribution in [1.29, 1.82) is 0 Å². The molecule has 1 rings (SSSR count). The van der Waals surface area contributed by atoms with Gasteiger partial charge in [0.1, 0.15) is 5.56 Å². The molecule has 0 aliphatic heterocycles. The first kappa shape index (κ1) is 15.1. The minimum absolute atomic E-state index is 0.0816. The van der Waals surface area contributed by atoms with Gasteiger partial charge in [-0.25, -0.2) is 0 Å². The Hall–Kier alpha value is -1.95. The Morgan fingerprint density at radius 2 is 2.16 bits per heavy atom. The summed E-state index contributed by atoms with van der Waals surface area (Å²) in [5, 5.41) is 20.2. The fourth-order valence-electron chi connectivity index (χ4n) is 1.76. The minimum atomic E-state index is -0.537. The van der Waals surface area contributed by atoms with Gasteiger partial charge in [0.25, 0.3) is 11.6 Å². The molecule has 0 radical (unpaired) electrons. The van der Waals surface area contributed by atoms with E-state index < -0.39 is 16.9 Å². The second kappa shape index (κ2) is 6.29. The molecule has 0 spiro atoms. The smallest absolute Gasteiger partial charge is 0.285 e. The molecule has 0 saturated heterocycles. The van der Waals surface area contributed by atoms with Gasteiger partial charge in [-0.2, -0.15) is 0 Å². The van der Waals surface area contributed by atoms with Crippen molar-refractivity contribution in [2.24, 2.45) is 0 Å². The lowest BCUT2D eigenvalue weighted by Gasteiger charge is -2.18. The van der Waals surface area contributed by atoms with Gasteiger partial charge in [0.15, 0.2) is 0 Å². The Kier molecular flexibility index (Phi) is 5.00. The summed E-state index contributed by atoms with van der Waals surface area (Å²) < 4.78 is 0. The molecule has 1 atom stereocenters. The Balaban J connectivity index is 2.99. The molecule has 1 aromatic rings. The van der Waals surface area contributed by atoms with Crippen molar-refractivity contribution in [3.63, 3.8) is 0 Å². The number of aryl methyl sites for hydroxylation is 1. The number of nitro groups is 1. The number of hydrogen-bond donors (Lipinski definition) is 1. The highest BCUT2D eigenvalue weighted by atomic mass is 16.6. The first-order valence-corrected chi connectivity index (χ1v) is 6.02. The molecular formula is C13H18N2O4. The quantitative estimate of drug-likeness (QED) is 0.650. The van der Waals surface area contributed by atoms with E-state index in [-0.39, 0.29) is 11.3 Å². The largest absolute Gasteiger partial charge is 0.393 e. The van der Waals surface area contributed by atoms with E-state index in [9.17, 15) is 20.0 Å². The molecule has 1 amide bonds. The third-order valence-electron chi connectivity index (χ3n) is 2.88. The SMILES string of the molecule is Cc1cccc(C(=O)N(C)CCC(C)O)c1[N+](=O)[O-]. The summed E-state index contributed by atoms with van der Waals surface area (Å²) in [6.07, 6.45) is -0.0790. The zero-order chi connectivity index (χ0) is 14.6. The van der Waals surface area contributed by atoms with Crippen LogP contribution in [0.3, 0.4) is 0 Å². The number of benzene rings is 1. The highest BCUT2D eigenvalue weighted by Crippen LogP contribution is 2.24. The predicted octanol–water partition coefficient (Wildman–Crippen LogP) is 1.75. The predicted molar refractivity (Wildman–Crippen MR) is 71.1 cm³/mol. The fourth-order valence-corrected chi connectivity index (χ4v) is 1.76. The number of rotatable bonds is 5. The van der Waals surface area contributed by atoms with E-state index in [1.54, 1.807) is 33.0 Å². The zero-order valence-electron chi connectivity index (χ0n) is 11.3. The lowest BCUT2D eigenvalue weighted by Crippen LogP contribution is -2.30. The summed E-state index contributed by atoms with van der Waals surface area (Å²) in [7, 11) is 1.57. The van der Waals surface area contributed by atoms with Gasteiger partial charge in [-0.05, 0) is 26.3 Å². The monoisotopic (exact) mass is 266 g/mol. The number of hydrogen-bond acceptors (Lipinski definition) is 4. The maximum Gasteiger partial charge on any atom is 0.285 e. The van der Waals surface area contributed by atoms with Gasteiger partial charge in [0.05, 0.1) is 11.0 Å². The van der Waals surface area contributed by atoms with E-state index in [0.717, 1.165) is 0 Å². The summed E-state index contributed by atoms with van der Waals surface area (Å²) >= 11 is 0. The number of carbonyl (C=O) groups excluding carboxylic acids is 1. The molecule has 0 aliphatic carbocycles. The van der Waals surface area contributed by atoms with E-state index in [2.05, 4.69) is 0 Å². The van der Waals surface area contributed by atoms with Crippen LogP contribution in [0.5, 0.6) is 0 Å². The van der Waals surface area contributed by atoms with Crippen LogP contribution < -0.4 is 0 Å². The van der Waals surface area contributed by atoms with Crippen LogP contribution in [-0.2, 0) is 0 Å². The molecule has 0 aromatic heterocycles. The van der Waals surface area contributed by atoms with Crippen molar-refractivity contribution in [3.8, 4) is 0 Å². The number of amides is 1. The summed E-state index contributed by atoms with van der Waals surface area (Å²) in [6, 6.07) is 4.68. The summed E-state index contributed by atoms with van der Waals surface area (Å²) in [6.45, 7) is 3.58. The summed E-state index contributed by atoms with van der Waals surface area (Å²) in [5.41, 5.74) is 0.384. The van der Waals surface area contributed by atoms with E-state index in [1.807, 2.05) is 0 Å². The molecule has 0 bridgehead atoms. The Bertz CT molecular complexity index is 486. The first-order chi connectivity index (χ1) is 8.84. The van der Waals surface area contributed by atoms with Crippen molar-refractivity contribution in [2.45, 2.75) is 26.4 Å². The number of para-hydroxylation sites is 1. The topological polar surface area (TPSA) is 83.7 Å². The number of nitrogens with zero attached hydrogens (tertiary/aromatic N) is 2. The van der Waals surface area contributed by atoms with Crippen LogP contribution in [0.1, 0.15) is 29.3 Å². The zero-order valence-corrected chi connectivity index (χ0v) is 11.3. The van der Waals surface area contributed by atoms with Crippen molar-refractivity contribution >= 4 is 11.6 Å². The van der Waals surface area contributed by atoms with Gasteiger partial charge >= 0.3 is 0 Å². The van der Waals surface area contributed by atoms with Crippen molar-refractivity contribution in [2.75, 3.05) is 13.6 Å². The number of carbonyl (C=O) groups is 1. The fraction of sp³-hybridized carbons (Fsp3) is 0.462. The number of aliphatic hydroxyl groups excluding tert-OH is 1. The Morgan fingerprint density at radius 3 is 2.68 bits per heavy atom. The van der Waals surface area contributed by atoms with Crippen LogP contribution in [0.2, 0.25) is 0 Å². The molecule has 0 saturated carbocycles. The van der Waals surface area contributed by atoms with Crippen molar-refractivity contribution < 1.29 is 14.8 Å². The molecule has 0 fully saturated rings. The maximum absolute atomic E-state index is 12.2. The molecule has 6 nitrogen and oxygen atoms in total. The van der Waals surface area contributed by atoms with Crippen molar-refractivity contribution in [1.82, 2.24) is 4.90 Å². The van der Waals surface area contributed by atoms with Crippen LogP contribution in [0, 0.1) is 17.0 Å². The van der Waals surface area contributed by atoms with Gasteiger partial charge in [0.2, 0.25) is 0 Å². The van der Waals surface area contributed by atoms with Crippen LogP contribution in [0.15, 0.2) is 18.2 Å². The van der Waals surface area contributed by atoms with Gasteiger partial charge in [-0.1, -0.05) is 12.1 Å². The molecule has 19 heavy (non-hydrogen) atoms. The lowest BCUT2D eigenvalue weighted by atomic mass is 10.1. The lowest BCUT2D eigenvalue weighted by molar-refractivity contribution is -0.385. The van der Waals surface area contributed by atoms with Crippen LogP contribution in [0.4, 0.5) is 5.69 Å². The molecule has 1 N–H and O–H groups in total. The van der Waals surface area contributed by atoms with Gasteiger partial charge in [0, 0.05) is 19.2 Å². The molecule has 6 heteroatoms. The van der Waals surface area contributed by atoms with E-state index >= 15 is 0 Å². The molecule has 0 heterocycles.